The minimum atomic E-state index is -0.398. The molecule has 0 N–H and O–H groups in total. The summed E-state index contributed by atoms with van der Waals surface area (Å²) in [6.07, 6.45) is 0. The molecule has 618 valence electrons. The van der Waals surface area contributed by atoms with Crippen LogP contribution in [0.2, 0.25) is 0 Å². The highest BCUT2D eigenvalue weighted by Gasteiger charge is 2.26. The Labute approximate surface area is 778 Å². The Morgan fingerprint density at radius 2 is 0.549 bits per heavy atom. The van der Waals surface area contributed by atoms with Crippen molar-refractivity contribution in [3.05, 3.63) is 485 Å². The van der Waals surface area contributed by atoms with Gasteiger partial charge in [0.25, 0.3) is 0 Å². The largest absolute Gasteiger partial charge is 0.456 e. The second kappa shape index (κ2) is 32.0. The number of hydrogen-bond donors (Lipinski definition) is 0. The van der Waals surface area contributed by atoms with E-state index in [4.69, 9.17) is 15.7 Å². The van der Waals surface area contributed by atoms with Crippen molar-refractivity contribution in [3.63, 3.8) is 0 Å². The lowest BCUT2D eigenvalue weighted by Gasteiger charge is -2.19. The van der Waals surface area contributed by atoms with Crippen molar-refractivity contribution in [3.8, 4) is 100 Å². The Balaban J connectivity index is 0.000000107. The minimum Gasteiger partial charge on any atom is -0.456 e. The molecule has 0 saturated heterocycles. The van der Waals surface area contributed by atoms with Gasteiger partial charge in [-0.05, 0) is 256 Å². The second-order valence-corrected chi connectivity index (χ2v) is 35.6. The standard InChI is InChI=1S/C46H28S.2C42H26O/c1-3-14-33-29(11-1)13-9-20-34(33)31-23-25-32(26-24-31)43-36-16-5-7-18-38(36)44(39-19-8-6-17-37(39)43)40-21-10-22-42-45(40)41-28-27-30-12-2-4-15-35(30)46(41)47-42;1-2-12-27(13-3-1)28-22-24-29(25-23-28)40-32-16-6-8-18-34(32)41(35-19-9-7-17-33(35)40)37-26-39-42(31-15-5-4-14-30(31)37)36-20-10-11-21-38(36)43-39;1-2-11-27(12-3-1)41-34-17-6-8-19-36(34)42(37-20-9-7-18-35(37)41)32-16-10-15-28(23-32)31-21-22-33-38-24-29-13-4-5-14-30(29)25-40(38)43-39(33)26-31/h1-28H;2*1-26H/i;;1D,2D,3D,11D,12D. The molecule has 0 radical (unpaired) electrons. The SMILES string of the molecule is [2H]c1c([2H])c([2H])c(-c2c3ccccc3c(-c3cccc(-c4ccc5c(c4)oc4cc6ccccc6cc45)c3)c3ccccc23)c([2H])c1[2H].c1ccc(-c2ccc(-c3c4ccccc4c(-c4cc5oc6ccccc6c5c5ccccc45)c4ccccc34)cc2)cc1.c1ccc2c(-c3ccc(-c4c5ccccc5c(-c5cccc6sc7c8ccccc8ccc7c56)c5ccccc45)cc3)cccc2c1. The van der Waals surface area contributed by atoms with Gasteiger partial charge in [-0.2, -0.15) is 0 Å². The van der Waals surface area contributed by atoms with Crippen LogP contribution in [0.5, 0.6) is 0 Å². The summed E-state index contributed by atoms with van der Waals surface area (Å²) in [4.78, 5) is 0. The molecule has 0 unspecified atom stereocenters. The number of thiophene rings is 1. The maximum atomic E-state index is 8.81. The van der Waals surface area contributed by atoms with E-state index in [0.717, 1.165) is 87.7 Å². The van der Waals surface area contributed by atoms with Crippen molar-refractivity contribution < 1.29 is 15.7 Å². The van der Waals surface area contributed by atoms with Crippen LogP contribution in [0.3, 0.4) is 0 Å². The molecular weight excluding hydrogens is 1630 g/mol. The van der Waals surface area contributed by atoms with Crippen LogP contribution >= 0.6 is 11.3 Å². The fourth-order valence-electron chi connectivity index (χ4n) is 21.4. The molecule has 0 fully saturated rings. The van der Waals surface area contributed by atoms with Crippen LogP contribution in [0.25, 0.3) is 272 Å². The first-order valence-corrected chi connectivity index (χ1v) is 46.1. The van der Waals surface area contributed by atoms with Crippen LogP contribution in [0.15, 0.2) is 494 Å². The Hall–Kier alpha value is -17.1. The normalized spacial score (nSPS) is 12.3. The van der Waals surface area contributed by atoms with Crippen LogP contribution in [0.4, 0.5) is 0 Å². The summed E-state index contributed by atoms with van der Waals surface area (Å²) in [6.45, 7) is 0. The predicted octanol–water partition coefficient (Wildman–Crippen LogP) is 37.8. The first-order valence-electron chi connectivity index (χ1n) is 47.8. The second-order valence-electron chi connectivity index (χ2n) is 34.5. The molecule has 0 saturated carbocycles. The van der Waals surface area contributed by atoms with Gasteiger partial charge in [0.2, 0.25) is 0 Å². The number of rotatable bonds is 9. The highest BCUT2D eigenvalue weighted by Crippen LogP contribution is 2.53. The highest BCUT2D eigenvalue weighted by molar-refractivity contribution is 7.26. The van der Waals surface area contributed by atoms with Gasteiger partial charge in [-0.3, -0.25) is 0 Å². The van der Waals surface area contributed by atoms with Gasteiger partial charge in [0.15, 0.2) is 0 Å². The average Bonchev–Trinajstić information content (AvgIpc) is 1.44. The fourth-order valence-corrected chi connectivity index (χ4v) is 22.6. The van der Waals surface area contributed by atoms with Crippen LogP contribution < -0.4 is 0 Å². The van der Waals surface area contributed by atoms with E-state index >= 15 is 0 Å². The van der Waals surface area contributed by atoms with Crippen LogP contribution in [-0.2, 0) is 0 Å². The van der Waals surface area contributed by atoms with Crippen molar-refractivity contribution in [1.82, 2.24) is 0 Å². The van der Waals surface area contributed by atoms with E-state index in [0.29, 0.717) is 5.56 Å². The summed E-state index contributed by atoms with van der Waals surface area (Å²) in [5.41, 5.74) is 23.5. The maximum Gasteiger partial charge on any atom is 0.136 e. The number of furan rings is 2. The van der Waals surface area contributed by atoms with Gasteiger partial charge in [0.05, 0.1) is 6.85 Å². The lowest BCUT2D eigenvalue weighted by Crippen LogP contribution is -1.92. The molecule has 28 rings (SSSR count). The summed E-state index contributed by atoms with van der Waals surface area (Å²) < 4.78 is 58.1. The monoisotopic (exact) mass is 1710 g/mol. The zero-order valence-corrected chi connectivity index (χ0v) is 72.8. The van der Waals surface area contributed by atoms with Crippen LogP contribution in [0, 0.1) is 0 Å². The molecular formula is C130H80O2S. The Kier molecular flexibility index (Phi) is 17.3. The summed E-state index contributed by atoms with van der Waals surface area (Å²) >= 11 is 1.91. The van der Waals surface area contributed by atoms with E-state index in [1.807, 2.05) is 72.0 Å². The molecule has 3 heteroatoms. The number of fused-ring (bicyclic) bond motifs is 21. The molecule has 0 amide bonds. The Morgan fingerprint density at radius 3 is 1.15 bits per heavy atom. The zero-order valence-electron chi connectivity index (χ0n) is 77.0. The molecule has 3 heterocycles. The van der Waals surface area contributed by atoms with Crippen LogP contribution in [0.1, 0.15) is 6.85 Å². The van der Waals surface area contributed by atoms with Crippen LogP contribution in [-0.4, -0.2) is 0 Å². The van der Waals surface area contributed by atoms with Crippen molar-refractivity contribution in [1.29, 1.82) is 0 Å². The molecule has 133 heavy (non-hydrogen) atoms. The molecule has 3 aromatic heterocycles. The van der Waals surface area contributed by atoms with Gasteiger partial charge in [0, 0.05) is 41.7 Å². The van der Waals surface area contributed by atoms with Gasteiger partial charge < -0.3 is 8.83 Å². The van der Waals surface area contributed by atoms with Crippen molar-refractivity contribution >= 4 is 183 Å². The van der Waals surface area contributed by atoms with Gasteiger partial charge in [-0.15, -0.1) is 11.3 Å². The van der Waals surface area contributed by atoms with E-state index in [-0.39, 0.29) is 29.7 Å². The maximum absolute atomic E-state index is 8.81. The number of benzene rings is 25. The topological polar surface area (TPSA) is 26.3 Å². The van der Waals surface area contributed by atoms with Crippen molar-refractivity contribution in [2.75, 3.05) is 0 Å². The van der Waals surface area contributed by atoms with E-state index < -0.39 is 6.04 Å². The molecule has 0 spiro atoms. The Bertz CT molecular complexity index is 9720. The van der Waals surface area contributed by atoms with E-state index in [1.54, 1.807) is 0 Å². The predicted molar refractivity (Wildman–Crippen MR) is 571 cm³/mol. The highest BCUT2D eigenvalue weighted by atomic mass is 32.1. The molecule has 2 nitrogen and oxygen atoms in total. The molecule has 0 aliphatic carbocycles. The fraction of sp³-hybridized carbons (Fsp3) is 0. The number of hydrogen-bond acceptors (Lipinski definition) is 3. The molecule has 0 atom stereocenters. The molecule has 25 aromatic carbocycles. The third-order valence-corrected chi connectivity index (χ3v) is 28.4. The summed E-state index contributed by atoms with van der Waals surface area (Å²) in [7, 11) is 0. The zero-order chi connectivity index (χ0) is 91.9. The molecule has 0 bridgehead atoms. The average molecular weight is 1710 g/mol. The third kappa shape index (κ3) is 13.0. The molecule has 28 aromatic rings. The van der Waals surface area contributed by atoms with E-state index in [2.05, 4.69) is 394 Å². The van der Waals surface area contributed by atoms with Gasteiger partial charge in [-0.1, -0.05) is 437 Å². The van der Waals surface area contributed by atoms with E-state index in [9.17, 15) is 0 Å². The Morgan fingerprint density at radius 1 is 0.165 bits per heavy atom. The summed E-state index contributed by atoms with van der Waals surface area (Å²) in [5.74, 6) is 0. The lowest BCUT2D eigenvalue weighted by atomic mass is 9.84. The summed E-state index contributed by atoms with van der Waals surface area (Å²) in [6, 6.07) is 161. The smallest absolute Gasteiger partial charge is 0.136 e. The number of para-hydroxylation sites is 1. The van der Waals surface area contributed by atoms with Gasteiger partial charge in [-0.25, -0.2) is 0 Å². The quantitative estimate of drug-likeness (QED) is 0.135. The molecule has 0 aliphatic rings. The first kappa shape index (κ1) is 71.9. The molecule has 0 aliphatic heterocycles. The van der Waals surface area contributed by atoms with Gasteiger partial charge in [0.1, 0.15) is 22.3 Å². The van der Waals surface area contributed by atoms with Crippen molar-refractivity contribution in [2.45, 2.75) is 0 Å². The first-order chi connectivity index (χ1) is 68.1. The van der Waals surface area contributed by atoms with Gasteiger partial charge >= 0.3 is 0 Å². The lowest BCUT2D eigenvalue weighted by molar-refractivity contribution is 0.669. The summed E-state index contributed by atoms with van der Waals surface area (Å²) in [5, 5.41) is 30.8. The van der Waals surface area contributed by atoms with Crippen molar-refractivity contribution in [2.24, 2.45) is 0 Å². The third-order valence-electron chi connectivity index (χ3n) is 27.2. The van der Waals surface area contributed by atoms with E-state index in [1.165, 1.54) is 173 Å². The minimum absolute atomic E-state index is 0.208.